The number of amides is 1. The van der Waals surface area contributed by atoms with Crippen LogP contribution in [0, 0.1) is 5.41 Å². The van der Waals surface area contributed by atoms with Crippen molar-refractivity contribution in [1.82, 2.24) is 5.32 Å². The molecule has 0 saturated heterocycles. The van der Waals surface area contributed by atoms with E-state index < -0.39 is 0 Å². The second kappa shape index (κ2) is 6.62. The molecule has 98 valence electrons. The minimum atomic E-state index is -0.246. The summed E-state index contributed by atoms with van der Waals surface area (Å²) in [6.45, 7) is 4.63. The highest BCUT2D eigenvalue weighted by Crippen LogP contribution is 2.40. The van der Waals surface area contributed by atoms with Gasteiger partial charge < -0.3 is 10.1 Å². The SMILES string of the molecule is CCOC(=O)CCNC(=O)C1(CC)CCCC1. The van der Waals surface area contributed by atoms with Crippen LogP contribution in [-0.4, -0.2) is 25.0 Å². The number of rotatable bonds is 6. The van der Waals surface area contributed by atoms with Gasteiger partial charge in [0, 0.05) is 12.0 Å². The first-order valence-electron chi connectivity index (χ1n) is 6.58. The van der Waals surface area contributed by atoms with E-state index in [4.69, 9.17) is 4.74 Å². The van der Waals surface area contributed by atoms with Crippen molar-refractivity contribution >= 4 is 11.9 Å². The average Bonchev–Trinajstić information content (AvgIpc) is 2.79. The maximum absolute atomic E-state index is 12.1. The third kappa shape index (κ3) is 3.72. The predicted molar refractivity (Wildman–Crippen MR) is 65.5 cm³/mol. The number of carbonyl (C=O) groups is 2. The fourth-order valence-corrected chi connectivity index (χ4v) is 2.49. The van der Waals surface area contributed by atoms with Crippen molar-refractivity contribution in [3.63, 3.8) is 0 Å². The zero-order chi connectivity index (χ0) is 12.7. The highest BCUT2D eigenvalue weighted by Gasteiger charge is 2.38. The molecule has 0 spiro atoms. The van der Waals surface area contributed by atoms with Crippen LogP contribution in [0.5, 0.6) is 0 Å². The highest BCUT2D eigenvalue weighted by atomic mass is 16.5. The van der Waals surface area contributed by atoms with Gasteiger partial charge in [0.2, 0.25) is 5.91 Å². The number of ether oxygens (including phenoxy) is 1. The van der Waals surface area contributed by atoms with Gasteiger partial charge in [0.15, 0.2) is 0 Å². The van der Waals surface area contributed by atoms with Gasteiger partial charge >= 0.3 is 5.97 Å². The van der Waals surface area contributed by atoms with Crippen molar-refractivity contribution in [2.75, 3.05) is 13.2 Å². The Hall–Kier alpha value is -1.06. The van der Waals surface area contributed by atoms with E-state index in [-0.39, 0.29) is 23.7 Å². The molecule has 0 radical (unpaired) electrons. The van der Waals surface area contributed by atoms with Crippen LogP contribution in [0.4, 0.5) is 0 Å². The van der Waals surface area contributed by atoms with Crippen LogP contribution in [0.3, 0.4) is 0 Å². The first kappa shape index (κ1) is 14.0. The molecule has 0 aliphatic heterocycles. The summed E-state index contributed by atoms with van der Waals surface area (Å²) < 4.78 is 4.81. The van der Waals surface area contributed by atoms with Gasteiger partial charge in [-0.2, -0.15) is 0 Å². The predicted octanol–water partition coefficient (Wildman–Crippen LogP) is 2.03. The van der Waals surface area contributed by atoms with Gasteiger partial charge in [0.1, 0.15) is 0 Å². The Morgan fingerprint density at radius 3 is 2.41 bits per heavy atom. The second-order valence-electron chi connectivity index (χ2n) is 4.65. The van der Waals surface area contributed by atoms with Crippen molar-refractivity contribution in [3.05, 3.63) is 0 Å². The summed E-state index contributed by atoms with van der Waals surface area (Å²) in [4.78, 5) is 23.2. The van der Waals surface area contributed by atoms with Crippen LogP contribution in [-0.2, 0) is 14.3 Å². The molecule has 0 aromatic rings. The third-order valence-electron chi connectivity index (χ3n) is 3.64. The molecule has 4 heteroatoms. The average molecular weight is 241 g/mol. The van der Waals surface area contributed by atoms with E-state index in [0.29, 0.717) is 13.2 Å². The molecule has 0 heterocycles. The Bertz CT molecular complexity index is 270. The zero-order valence-corrected chi connectivity index (χ0v) is 10.9. The Balaban J connectivity index is 2.31. The number of esters is 1. The van der Waals surface area contributed by atoms with E-state index >= 15 is 0 Å². The van der Waals surface area contributed by atoms with Crippen LogP contribution >= 0.6 is 0 Å². The minimum Gasteiger partial charge on any atom is -0.466 e. The van der Waals surface area contributed by atoms with Gasteiger partial charge in [-0.15, -0.1) is 0 Å². The van der Waals surface area contributed by atoms with E-state index in [1.54, 1.807) is 6.92 Å². The van der Waals surface area contributed by atoms with Crippen LogP contribution in [0.15, 0.2) is 0 Å². The maximum atomic E-state index is 12.1. The number of carbonyl (C=O) groups excluding carboxylic acids is 2. The van der Waals surface area contributed by atoms with E-state index in [9.17, 15) is 9.59 Å². The molecule has 1 fully saturated rings. The van der Waals surface area contributed by atoms with Crippen molar-refractivity contribution in [2.24, 2.45) is 5.41 Å². The van der Waals surface area contributed by atoms with Crippen molar-refractivity contribution in [3.8, 4) is 0 Å². The van der Waals surface area contributed by atoms with Crippen molar-refractivity contribution in [1.29, 1.82) is 0 Å². The van der Waals surface area contributed by atoms with Crippen molar-refractivity contribution < 1.29 is 14.3 Å². The standard InChI is InChI=1S/C13H23NO3/c1-3-13(8-5-6-9-13)12(16)14-10-7-11(15)17-4-2/h3-10H2,1-2H3,(H,14,16). The van der Waals surface area contributed by atoms with Crippen LogP contribution < -0.4 is 5.32 Å². The molecule has 1 N–H and O–H groups in total. The Morgan fingerprint density at radius 2 is 1.88 bits per heavy atom. The molecule has 1 amide bonds. The lowest BCUT2D eigenvalue weighted by molar-refractivity contribution is -0.143. The van der Waals surface area contributed by atoms with E-state index in [0.717, 1.165) is 32.1 Å². The molecule has 1 aliphatic rings. The second-order valence-corrected chi connectivity index (χ2v) is 4.65. The van der Waals surface area contributed by atoms with Crippen LogP contribution in [0.2, 0.25) is 0 Å². The van der Waals surface area contributed by atoms with Gasteiger partial charge in [0.25, 0.3) is 0 Å². The molecule has 0 unspecified atom stereocenters. The maximum Gasteiger partial charge on any atom is 0.307 e. The Morgan fingerprint density at radius 1 is 1.24 bits per heavy atom. The van der Waals surface area contributed by atoms with Crippen LogP contribution in [0.1, 0.15) is 52.4 Å². The number of nitrogens with one attached hydrogen (secondary N) is 1. The minimum absolute atomic E-state index is 0.113. The molecule has 0 aromatic heterocycles. The van der Waals surface area contributed by atoms with Crippen LogP contribution in [0.25, 0.3) is 0 Å². The van der Waals surface area contributed by atoms with E-state index in [2.05, 4.69) is 12.2 Å². The fraction of sp³-hybridized carbons (Fsp3) is 0.846. The summed E-state index contributed by atoms with van der Waals surface area (Å²) in [5, 5.41) is 2.87. The van der Waals surface area contributed by atoms with Gasteiger partial charge in [-0.05, 0) is 26.2 Å². The third-order valence-corrected chi connectivity index (χ3v) is 3.64. The van der Waals surface area contributed by atoms with Gasteiger partial charge in [-0.3, -0.25) is 9.59 Å². The number of hydrogen-bond donors (Lipinski definition) is 1. The summed E-state index contributed by atoms with van der Waals surface area (Å²) in [7, 11) is 0. The first-order chi connectivity index (χ1) is 8.14. The largest absolute Gasteiger partial charge is 0.466 e. The lowest BCUT2D eigenvalue weighted by Gasteiger charge is -2.25. The summed E-state index contributed by atoms with van der Waals surface area (Å²) in [5.74, 6) is -0.133. The monoisotopic (exact) mass is 241 g/mol. The van der Waals surface area contributed by atoms with Crippen molar-refractivity contribution in [2.45, 2.75) is 52.4 Å². The highest BCUT2D eigenvalue weighted by molar-refractivity contribution is 5.83. The van der Waals surface area contributed by atoms with Gasteiger partial charge in [-0.25, -0.2) is 0 Å². The smallest absolute Gasteiger partial charge is 0.307 e. The first-order valence-corrected chi connectivity index (χ1v) is 6.58. The van der Waals surface area contributed by atoms with E-state index in [1.807, 2.05) is 0 Å². The Labute approximate surface area is 103 Å². The molecule has 0 bridgehead atoms. The number of hydrogen-bond acceptors (Lipinski definition) is 3. The molecule has 4 nitrogen and oxygen atoms in total. The molecule has 0 aromatic carbocycles. The summed E-state index contributed by atoms with van der Waals surface area (Å²) in [6, 6.07) is 0. The fourth-order valence-electron chi connectivity index (χ4n) is 2.49. The zero-order valence-electron chi connectivity index (χ0n) is 10.9. The molecule has 17 heavy (non-hydrogen) atoms. The topological polar surface area (TPSA) is 55.4 Å². The summed E-state index contributed by atoms with van der Waals surface area (Å²) >= 11 is 0. The lowest BCUT2D eigenvalue weighted by Crippen LogP contribution is -2.39. The lowest BCUT2D eigenvalue weighted by atomic mass is 9.82. The molecular weight excluding hydrogens is 218 g/mol. The molecule has 1 rings (SSSR count). The Kier molecular flexibility index (Phi) is 5.45. The van der Waals surface area contributed by atoms with Gasteiger partial charge in [-0.1, -0.05) is 19.8 Å². The van der Waals surface area contributed by atoms with Gasteiger partial charge in [0.05, 0.1) is 13.0 Å². The molecule has 0 atom stereocenters. The summed E-state index contributed by atoms with van der Waals surface area (Å²) in [6.07, 6.45) is 5.39. The summed E-state index contributed by atoms with van der Waals surface area (Å²) in [5.41, 5.74) is -0.172. The molecular formula is C13H23NO3. The quantitative estimate of drug-likeness (QED) is 0.724. The normalized spacial score (nSPS) is 17.8. The molecule has 1 saturated carbocycles. The molecule has 1 aliphatic carbocycles. The van der Waals surface area contributed by atoms with E-state index in [1.165, 1.54) is 0 Å².